The molecule has 6 nitrogen and oxygen atoms in total. The fourth-order valence-electron chi connectivity index (χ4n) is 5.01. The molecule has 1 aliphatic heterocycles. The molecule has 3 aliphatic rings. The van der Waals surface area contributed by atoms with Crippen LogP contribution in [0.25, 0.3) is 0 Å². The number of nitrogens with zero attached hydrogens (tertiary/aromatic N) is 1. The van der Waals surface area contributed by atoms with Crippen molar-refractivity contribution in [3.05, 3.63) is 71.8 Å². The molecule has 2 aliphatic carbocycles. The molecule has 0 aromatic heterocycles. The van der Waals surface area contributed by atoms with Gasteiger partial charge in [0.25, 0.3) is 0 Å². The Bertz CT molecular complexity index is 986. The molecule has 1 heterocycles. The molecular formula is C23H22N2O4. The van der Waals surface area contributed by atoms with Crippen molar-refractivity contribution in [2.75, 3.05) is 7.11 Å². The maximum absolute atomic E-state index is 13.2. The zero-order chi connectivity index (χ0) is 20.2. The summed E-state index contributed by atoms with van der Waals surface area (Å²) >= 11 is 0. The predicted molar refractivity (Wildman–Crippen MR) is 105 cm³/mol. The topological polar surface area (TPSA) is 79.7 Å². The highest BCUT2D eigenvalue weighted by molar-refractivity contribution is 6.40. The van der Waals surface area contributed by atoms with Gasteiger partial charge < -0.3 is 9.47 Å². The van der Waals surface area contributed by atoms with E-state index in [-0.39, 0.29) is 11.1 Å². The molecule has 1 spiro atoms. The van der Waals surface area contributed by atoms with Crippen molar-refractivity contribution in [3.8, 4) is 0 Å². The number of carbonyl (C=O) groups excluding carboxylic acids is 2. The van der Waals surface area contributed by atoms with E-state index in [2.05, 4.69) is 0 Å². The smallest absolute Gasteiger partial charge is 0.411 e. The Morgan fingerprint density at radius 1 is 1.07 bits per heavy atom. The quantitative estimate of drug-likeness (QED) is 0.617. The summed E-state index contributed by atoms with van der Waals surface area (Å²) in [6.45, 7) is 0. The van der Waals surface area contributed by atoms with Crippen LogP contribution in [0.5, 0.6) is 0 Å². The molecule has 3 fully saturated rings. The van der Waals surface area contributed by atoms with Gasteiger partial charge in [0.1, 0.15) is 17.3 Å². The lowest BCUT2D eigenvalue weighted by Gasteiger charge is -2.33. The molecule has 2 aromatic carbocycles. The van der Waals surface area contributed by atoms with Crippen LogP contribution in [0.3, 0.4) is 0 Å². The van der Waals surface area contributed by atoms with Gasteiger partial charge in [-0.05, 0) is 30.4 Å². The molecule has 5 rings (SSSR count). The second kappa shape index (κ2) is 6.17. The van der Waals surface area contributed by atoms with Crippen molar-refractivity contribution >= 4 is 17.8 Å². The van der Waals surface area contributed by atoms with Crippen molar-refractivity contribution in [2.45, 2.75) is 36.9 Å². The summed E-state index contributed by atoms with van der Waals surface area (Å²) < 4.78 is 10.7. The second-order valence-electron chi connectivity index (χ2n) is 8.12. The van der Waals surface area contributed by atoms with E-state index in [4.69, 9.17) is 14.9 Å². The third-order valence-corrected chi connectivity index (χ3v) is 6.67. The SMILES string of the molecule is COC(=O)C(=N)C1(N2C(=O)O[C@@H](c3ccccc3)[C@H]2c2ccccc2)CC12CC2. The highest BCUT2D eigenvalue weighted by atomic mass is 16.6. The molecule has 1 amide bonds. The van der Waals surface area contributed by atoms with Crippen LogP contribution in [0.15, 0.2) is 60.7 Å². The molecule has 3 atom stereocenters. The summed E-state index contributed by atoms with van der Waals surface area (Å²) in [5.41, 5.74) is 0.510. The lowest BCUT2D eigenvalue weighted by Crippen LogP contribution is -2.50. The number of esters is 1. The van der Waals surface area contributed by atoms with Gasteiger partial charge in [0.05, 0.1) is 7.11 Å². The van der Waals surface area contributed by atoms with E-state index in [1.54, 1.807) is 4.90 Å². The number of carbonyl (C=O) groups is 2. The average molecular weight is 390 g/mol. The molecule has 148 valence electrons. The number of nitrogens with one attached hydrogen (secondary N) is 1. The molecule has 29 heavy (non-hydrogen) atoms. The highest BCUT2D eigenvalue weighted by Gasteiger charge is 2.82. The van der Waals surface area contributed by atoms with Crippen molar-refractivity contribution in [2.24, 2.45) is 5.41 Å². The minimum Gasteiger partial charge on any atom is -0.464 e. The van der Waals surface area contributed by atoms with E-state index in [9.17, 15) is 9.59 Å². The van der Waals surface area contributed by atoms with Crippen molar-refractivity contribution in [3.63, 3.8) is 0 Å². The van der Waals surface area contributed by atoms with Crippen LogP contribution < -0.4 is 0 Å². The molecule has 1 saturated heterocycles. The van der Waals surface area contributed by atoms with E-state index in [1.165, 1.54) is 7.11 Å². The molecule has 6 heteroatoms. The Labute approximate surface area is 168 Å². The molecule has 1 N–H and O–H groups in total. The number of methoxy groups -OCH3 is 1. The van der Waals surface area contributed by atoms with Gasteiger partial charge in [-0.2, -0.15) is 0 Å². The lowest BCUT2D eigenvalue weighted by molar-refractivity contribution is -0.133. The van der Waals surface area contributed by atoms with Crippen LogP contribution in [0.2, 0.25) is 0 Å². The number of cyclic esters (lactones) is 1. The third kappa shape index (κ3) is 2.44. The molecule has 0 bridgehead atoms. The van der Waals surface area contributed by atoms with E-state index in [1.807, 2.05) is 60.7 Å². The average Bonchev–Trinajstić information content (AvgIpc) is 3.65. The molecular weight excluding hydrogens is 368 g/mol. The lowest BCUT2D eigenvalue weighted by atomic mass is 9.92. The van der Waals surface area contributed by atoms with Crippen molar-refractivity contribution < 1.29 is 19.1 Å². The third-order valence-electron chi connectivity index (χ3n) is 6.67. The fraction of sp³-hybridized carbons (Fsp3) is 0.348. The summed E-state index contributed by atoms with van der Waals surface area (Å²) in [6.07, 6.45) is 1.41. The van der Waals surface area contributed by atoms with Crippen LogP contribution >= 0.6 is 0 Å². The van der Waals surface area contributed by atoms with Crippen LogP contribution in [0, 0.1) is 10.8 Å². The molecule has 2 aromatic rings. The number of amides is 1. The van der Waals surface area contributed by atoms with Gasteiger partial charge in [0.2, 0.25) is 0 Å². The largest absolute Gasteiger partial charge is 0.464 e. The van der Waals surface area contributed by atoms with Gasteiger partial charge in [-0.25, -0.2) is 9.59 Å². The number of hydrogen-bond acceptors (Lipinski definition) is 5. The predicted octanol–water partition coefficient (Wildman–Crippen LogP) is 4.04. The van der Waals surface area contributed by atoms with E-state index < -0.39 is 29.7 Å². The van der Waals surface area contributed by atoms with E-state index in [0.29, 0.717) is 6.42 Å². The Kier molecular flexibility index (Phi) is 3.81. The first-order chi connectivity index (χ1) is 14.0. The van der Waals surface area contributed by atoms with Gasteiger partial charge in [0, 0.05) is 5.41 Å². The number of ether oxygens (including phenoxy) is 2. The van der Waals surface area contributed by atoms with Crippen LogP contribution in [0.1, 0.15) is 42.5 Å². The summed E-state index contributed by atoms with van der Waals surface area (Å²) in [7, 11) is 1.27. The zero-order valence-electron chi connectivity index (χ0n) is 16.1. The van der Waals surface area contributed by atoms with E-state index in [0.717, 1.165) is 24.0 Å². The number of benzene rings is 2. The zero-order valence-corrected chi connectivity index (χ0v) is 16.1. The Hall–Kier alpha value is -3.15. The Morgan fingerprint density at radius 3 is 2.17 bits per heavy atom. The van der Waals surface area contributed by atoms with Gasteiger partial charge in [-0.1, -0.05) is 60.7 Å². The van der Waals surface area contributed by atoms with Gasteiger partial charge in [0.15, 0.2) is 6.10 Å². The minimum absolute atomic E-state index is 0.149. The van der Waals surface area contributed by atoms with E-state index >= 15 is 0 Å². The highest BCUT2D eigenvalue weighted by Crippen LogP contribution is 2.77. The second-order valence-corrected chi connectivity index (χ2v) is 8.12. The standard InChI is InChI=1S/C23H22N2O4/c1-28-20(26)19(24)23(14-22(23)12-13-22)25-17(15-8-4-2-5-9-15)18(29-21(25)27)16-10-6-3-7-11-16/h2-11,17-18,24H,12-14H2,1H3/t17-,18+,23?/m1/s1. The number of hydrogen-bond donors (Lipinski definition) is 1. The first kappa shape index (κ1) is 17.9. The van der Waals surface area contributed by atoms with Gasteiger partial charge in [-0.3, -0.25) is 10.3 Å². The summed E-state index contributed by atoms with van der Waals surface area (Å²) in [5.74, 6) is -0.684. The monoisotopic (exact) mass is 390 g/mol. The van der Waals surface area contributed by atoms with Crippen molar-refractivity contribution in [1.29, 1.82) is 5.41 Å². The molecule has 1 unspecified atom stereocenters. The first-order valence-corrected chi connectivity index (χ1v) is 9.81. The minimum atomic E-state index is -0.957. The van der Waals surface area contributed by atoms with Crippen molar-refractivity contribution in [1.82, 2.24) is 4.90 Å². The van der Waals surface area contributed by atoms with Crippen LogP contribution in [0.4, 0.5) is 4.79 Å². The summed E-state index contributed by atoms with van der Waals surface area (Å²) in [4.78, 5) is 27.2. The fourth-order valence-corrected chi connectivity index (χ4v) is 5.01. The maximum Gasteiger partial charge on any atom is 0.411 e. The normalized spacial score (nSPS) is 28.7. The molecule has 2 saturated carbocycles. The summed E-state index contributed by atoms with van der Waals surface area (Å²) in [6, 6.07) is 18.9. The first-order valence-electron chi connectivity index (χ1n) is 9.81. The van der Waals surface area contributed by atoms with Crippen LogP contribution in [-0.4, -0.2) is 35.3 Å². The number of rotatable bonds is 5. The Balaban J connectivity index is 1.64. The van der Waals surface area contributed by atoms with Crippen LogP contribution in [-0.2, 0) is 14.3 Å². The van der Waals surface area contributed by atoms with Gasteiger partial charge >= 0.3 is 12.1 Å². The Morgan fingerprint density at radius 2 is 1.66 bits per heavy atom. The van der Waals surface area contributed by atoms with Gasteiger partial charge in [-0.15, -0.1) is 0 Å². The molecule has 0 radical (unpaired) electrons. The summed E-state index contributed by atoms with van der Waals surface area (Å²) in [5, 5.41) is 8.61. The maximum atomic E-state index is 13.2.